The van der Waals surface area contributed by atoms with E-state index in [9.17, 15) is 0 Å². The summed E-state index contributed by atoms with van der Waals surface area (Å²) in [5, 5.41) is 15.0. The second kappa shape index (κ2) is 22.9. The number of carbonyl (C=O) groups is 1. The Morgan fingerprint density at radius 1 is 1.56 bits per heavy atom. The summed E-state index contributed by atoms with van der Waals surface area (Å²) in [7, 11) is 0. The van der Waals surface area contributed by atoms with E-state index in [4.69, 9.17) is 15.0 Å². The van der Waals surface area contributed by atoms with Crippen LogP contribution < -0.4 is 0 Å². The van der Waals surface area contributed by atoms with Gasteiger partial charge in [0.2, 0.25) is 0 Å². The summed E-state index contributed by atoms with van der Waals surface area (Å²) < 4.78 is 0. The first kappa shape index (κ1) is 22.5. The zero-order chi connectivity index (χ0) is 6.28. The van der Waals surface area contributed by atoms with E-state index in [1.54, 1.807) is 6.92 Å². The van der Waals surface area contributed by atoms with Crippen LogP contribution in [0, 0.1) is 35.6 Å². The van der Waals surface area contributed by atoms with Gasteiger partial charge in [0.15, 0.2) is 0 Å². The quantitative estimate of drug-likeness (QED) is 0.569. The van der Waals surface area contributed by atoms with Gasteiger partial charge in [0, 0.05) is 49.1 Å². The van der Waals surface area contributed by atoms with E-state index in [1.165, 1.54) is 0 Å². The Bertz CT molecular complexity index is 47.1. The third-order valence-electron chi connectivity index (χ3n) is 0. The van der Waals surface area contributed by atoms with Gasteiger partial charge < -0.3 is 10.2 Å². The maximum atomic E-state index is 9.00. The monoisotopic (exact) mass is 253 g/mol. The van der Waals surface area contributed by atoms with E-state index >= 15 is 0 Å². The number of hydrogen-bond acceptors (Lipinski definition) is 2. The molecule has 5 heteroatoms. The average Bonchev–Trinajstić information content (AvgIpc) is 1.33. The molecule has 0 aromatic heterocycles. The SMILES string of the molecule is CC(=O)O.CCO.[La].[LiH]. The van der Waals surface area contributed by atoms with Crippen molar-refractivity contribution in [3.63, 3.8) is 0 Å². The Hall–Kier alpha value is 1.22. The fourth-order valence-corrected chi connectivity index (χ4v) is 0. The first-order valence-electron chi connectivity index (χ1n) is 1.95. The van der Waals surface area contributed by atoms with Crippen molar-refractivity contribution in [2.45, 2.75) is 13.8 Å². The van der Waals surface area contributed by atoms with Gasteiger partial charge in [-0.05, 0) is 6.92 Å². The van der Waals surface area contributed by atoms with Gasteiger partial charge in [0.1, 0.15) is 0 Å². The summed E-state index contributed by atoms with van der Waals surface area (Å²) in [4.78, 5) is 9.00. The molecule has 3 nitrogen and oxygen atoms in total. The van der Waals surface area contributed by atoms with Crippen molar-refractivity contribution >= 4 is 24.8 Å². The topological polar surface area (TPSA) is 57.5 Å². The molecule has 0 aromatic rings. The Balaban J connectivity index is -0.0000000233. The Morgan fingerprint density at radius 2 is 1.56 bits per heavy atom. The van der Waals surface area contributed by atoms with Crippen molar-refractivity contribution in [2.24, 2.45) is 0 Å². The van der Waals surface area contributed by atoms with Gasteiger partial charge in [-0.15, -0.1) is 0 Å². The van der Waals surface area contributed by atoms with Crippen LogP contribution in [0.5, 0.6) is 0 Å². The molecule has 0 aromatic carbocycles. The molecule has 0 saturated heterocycles. The number of aliphatic carboxylic acids is 1. The number of aliphatic hydroxyl groups excluding tert-OH is 1. The molecule has 0 amide bonds. The number of carboxylic acid groups (broad SMARTS) is 1. The zero-order valence-electron chi connectivity index (χ0n) is 5.09. The van der Waals surface area contributed by atoms with E-state index in [1.807, 2.05) is 0 Å². The van der Waals surface area contributed by atoms with Gasteiger partial charge in [-0.2, -0.15) is 0 Å². The minimum atomic E-state index is -0.833. The van der Waals surface area contributed by atoms with E-state index in [0.29, 0.717) is 0 Å². The third kappa shape index (κ3) is 322. The van der Waals surface area contributed by atoms with Crippen LogP contribution in [-0.2, 0) is 4.79 Å². The molecule has 0 spiro atoms. The van der Waals surface area contributed by atoms with Gasteiger partial charge in [-0.1, -0.05) is 0 Å². The molecule has 0 atom stereocenters. The molecule has 0 heterocycles. The van der Waals surface area contributed by atoms with Crippen molar-refractivity contribution in [2.75, 3.05) is 6.61 Å². The predicted molar refractivity (Wildman–Crippen MR) is 33.2 cm³/mol. The average molecular weight is 253 g/mol. The van der Waals surface area contributed by atoms with Crippen LogP contribution in [0.3, 0.4) is 0 Å². The molecule has 0 aliphatic rings. The molecule has 0 aliphatic carbocycles. The van der Waals surface area contributed by atoms with Crippen LogP contribution >= 0.6 is 0 Å². The number of rotatable bonds is 0. The fourth-order valence-electron chi connectivity index (χ4n) is 0. The molecule has 1 radical (unpaired) electrons. The maximum absolute atomic E-state index is 9.00. The summed E-state index contributed by atoms with van der Waals surface area (Å²) in [6.45, 7) is 3.01. The molecule has 2 N–H and O–H groups in total. The first-order chi connectivity index (χ1) is 3.15. The van der Waals surface area contributed by atoms with E-state index in [0.717, 1.165) is 6.92 Å². The van der Waals surface area contributed by atoms with Gasteiger partial charge in [0.05, 0.1) is 0 Å². The molecule has 0 fully saturated rings. The van der Waals surface area contributed by atoms with Crippen LogP contribution in [0.4, 0.5) is 0 Å². The van der Waals surface area contributed by atoms with Crippen LogP contribution in [0.2, 0.25) is 0 Å². The van der Waals surface area contributed by atoms with Crippen molar-refractivity contribution in [1.29, 1.82) is 0 Å². The first-order valence-corrected chi connectivity index (χ1v) is 1.95. The summed E-state index contributed by atoms with van der Waals surface area (Å²) in [6.07, 6.45) is 0. The summed E-state index contributed by atoms with van der Waals surface area (Å²) in [5.41, 5.74) is 0. The molecule has 0 bridgehead atoms. The molecule has 0 saturated carbocycles. The van der Waals surface area contributed by atoms with E-state index in [2.05, 4.69) is 0 Å². The summed E-state index contributed by atoms with van der Waals surface area (Å²) in [5.74, 6) is -0.833. The minimum absolute atomic E-state index is 0. The van der Waals surface area contributed by atoms with Crippen LogP contribution in [0.25, 0.3) is 0 Å². The Morgan fingerprint density at radius 3 is 1.56 bits per heavy atom. The van der Waals surface area contributed by atoms with Gasteiger partial charge in [-0.3, -0.25) is 4.79 Å². The molecular formula is C4H11LaLiO3. The number of aliphatic hydroxyl groups is 1. The summed E-state index contributed by atoms with van der Waals surface area (Å²) in [6, 6.07) is 0. The van der Waals surface area contributed by atoms with E-state index < -0.39 is 5.97 Å². The predicted octanol–water partition coefficient (Wildman–Crippen LogP) is -0.559. The standard InChI is InChI=1S/C2H4O2.C2H6O.La.Li.H/c1-2(3)4;1-2-3;;;/h1H3,(H,3,4);3H,2H2,1H3;;;. The normalized spacial score (nSPS) is 4.78. The zero-order valence-corrected chi connectivity index (χ0v) is 8.71. The number of hydrogen-bond donors (Lipinski definition) is 2. The summed E-state index contributed by atoms with van der Waals surface area (Å²) >= 11 is 0. The number of carboxylic acids is 1. The van der Waals surface area contributed by atoms with Crippen molar-refractivity contribution in [3.05, 3.63) is 0 Å². The van der Waals surface area contributed by atoms with Crippen LogP contribution in [0.15, 0.2) is 0 Å². The van der Waals surface area contributed by atoms with Gasteiger partial charge in [0.25, 0.3) is 5.97 Å². The van der Waals surface area contributed by atoms with Crippen molar-refractivity contribution in [3.8, 4) is 0 Å². The van der Waals surface area contributed by atoms with E-state index in [-0.39, 0.29) is 61.1 Å². The fraction of sp³-hybridized carbons (Fsp3) is 0.750. The molecule has 0 rings (SSSR count). The Kier molecular flexibility index (Phi) is 57.0. The van der Waals surface area contributed by atoms with Gasteiger partial charge in [-0.25, -0.2) is 0 Å². The molecule has 0 unspecified atom stereocenters. The van der Waals surface area contributed by atoms with Crippen LogP contribution in [0.1, 0.15) is 13.8 Å². The molecule has 49 valence electrons. The molecule has 0 aliphatic heterocycles. The van der Waals surface area contributed by atoms with Crippen LogP contribution in [-0.4, -0.2) is 41.6 Å². The molecular weight excluding hydrogens is 242 g/mol. The third-order valence-corrected chi connectivity index (χ3v) is 0. The second-order valence-corrected chi connectivity index (χ2v) is 0.835. The van der Waals surface area contributed by atoms with Gasteiger partial charge >= 0.3 is 18.9 Å². The Labute approximate surface area is 95.0 Å². The van der Waals surface area contributed by atoms with Crippen molar-refractivity contribution < 1.29 is 50.6 Å². The van der Waals surface area contributed by atoms with Crippen molar-refractivity contribution in [1.82, 2.24) is 0 Å². The molecule has 9 heavy (non-hydrogen) atoms. The second-order valence-electron chi connectivity index (χ2n) is 0.835.